The second kappa shape index (κ2) is 3.66. The summed E-state index contributed by atoms with van der Waals surface area (Å²) in [5, 5.41) is 19.6. The second-order valence-electron chi connectivity index (χ2n) is 4.68. The number of halogens is 2. The number of aliphatic hydroxyl groups excluding tert-OH is 1. The van der Waals surface area contributed by atoms with Gasteiger partial charge in [-0.2, -0.15) is 0 Å². The van der Waals surface area contributed by atoms with Gasteiger partial charge in [0.05, 0.1) is 5.88 Å². The third kappa shape index (κ3) is 1.32. The number of hydrogen-bond donors (Lipinski definition) is 3. The third-order valence-corrected chi connectivity index (χ3v) is 4.18. The van der Waals surface area contributed by atoms with Crippen LogP contribution in [0, 0.1) is 0 Å². The summed E-state index contributed by atoms with van der Waals surface area (Å²) in [5.74, 6) is -0.320. The lowest BCUT2D eigenvalue weighted by Gasteiger charge is -2.21. The summed E-state index contributed by atoms with van der Waals surface area (Å²) in [7, 11) is 0. The van der Waals surface area contributed by atoms with Gasteiger partial charge < -0.3 is 14.9 Å². The maximum Gasteiger partial charge on any atom is 0.330 e. The molecule has 1 aliphatic heterocycles. The standard InChI is InChI=1S/C10H10ClFN2O5/c11-3-9-7(16)10(9,18)5(12)6(19-9)14-2-1-4(15)13-8(14)17/h1-2,5-7,16,18H,3H2,(H,13,15,17)/t5-,6+,7?,9+,10+/m0/s1. The van der Waals surface area contributed by atoms with Gasteiger partial charge in [-0.3, -0.25) is 14.3 Å². The van der Waals surface area contributed by atoms with Crippen molar-refractivity contribution in [2.24, 2.45) is 0 Å². The molecule has 2 aliphatic rings. The highest BCUT2D eigenvalue weighted by molar-refractivity contribution is 6.19. The molecule has 104 valence electrons. The molecule has 1 aromatic rings. The summed E-state index contributed by atoms with van der Waals surface area (Å²) in [6.07, 6.45) is -3.87. The summed E-state index contributed by atoms with van der Waals surface area (Å²) in [6, 6.07) is 1.02. The molecule has 0 bridgehead atoms. The number of nitrogens with zero attached hydrogens (tertiary/aromatic N) is 1. The zero-order valence-electron chi connectivity index (χ0n) is 9.42. The molecule has 5 atom stereocenters. The van der Waals surface area contributed by atoms with Crippen LogP contribution in [0.15, 0.2) is 21.9 Å². The molecule has 1 saturated carbocycles. The summed E-state index contributed by atoms with van der Waals surface area (Å²) in [5.41, 5.74) is -5.25. The first-order chi connectivity index (χ1) is 8.88. The first kappa shape index (κ1) is 12.8. The average Bonchev–Trinajstić information content (AvgIpc) is 2.73. The predicted octanol–water partition coefficient (Wildman–Crippen LogP) is -1.51. The summed E-state index contributed by atoms with van der Waals surface area (Å²) < 4.78 is 20.3. The van der Waals surface area contributed by atoms with Crippen LogP contribution in [-0.4, -0.2) is 49.1 Å². The lowest BCUT2D eigenvalue weighted by molar-refractivity contribution is -0.0868. The zero-order chi connectivity index (χ0) is 14.0. The number of ether oxygens (including phenoxy) is 1. The van der Waals surface area contributed by atoms with Crippen molar-refractivity contribution in [2.75, 3.05) is 5.88 Å². The van der Waals surface area contributed by atoms with Crippen LogP contribution < -0.4 is 11.2 Å². The highest BCUT2D eigenvalue weighted by atomic mass is 35.5. The number of aliphatic hydroxyl groups is 2. The Morgan fingerprint density at radius 1 is 1.58 bits per heavy atom. The number of H-pyrrole nitrogens is 1. The van der Waals surface area contributed by atoms with Crippen LogP contribution in [-0.2, 0) is 4.74 Å². The normalized spacial score (nSPS) is 44.1. The Balaban J connectivity index is 2.02. The van der Waals surface area contributed by atoms with Gasteiger partial charge >= 0.3 is 5.69 Å². The lowest BCUT2D eigenvalue weighted by Crippen LogP contribution is -2.39. The average molecular weight is 293 g/mol. The van der Waals surface area contributed by atoms with E-state index in [4.69, 9.17) is 16.3 Å². The Bertz CT molecular complexity index is 643. The van der Waals surface area contributed by atoms with Crippen molar-refractivity contribution >= 4 is 11.6 Å². The van der Waals surface area contributed by atoms with Gasteiger partial charge in [0, 0.05) is 12.3 Å². The van der Waals surface area contributed by atoms with E-state index in [1.807, 2.05) is 4.98 Å². The Kier molecular flexibility index (Phi) is 2.47. The minimum atomic E-state index is -2.13. The number of fused-ring (bicyclic) bond motifs is 1. The van der Waals surface area contributed by atoms with E-state index in [-0.39, 0.29) is 5.88 Å². The van der Waals surface area contributed by atoms with E-state index in [9.17, 15) is 24.2 Å². The maximum absolute atomic E-state index is 14.2. The maximum atomic E-state index is 14.2. The highest BCUT2D eigenvalue weighted by Gasteiger charge is 2.87. The van der Waals surface area contributed by atoms with Gasteiger partial charge in [-0.15, -0.1) is 11.6 Å². The molecule has 1 saturated heterocycles. The molecule has 2 heterocycles. The molecule has 0 aromatic carbocycles. The summed E-state index contributed by atoms with van der Waals surface area (Å²) >= 11 is 5.60. The second-order valence-corrected chi connectivity index (χ2v) is 4.95. The van der Waals surface area contributed by atoms with Crippen LogP contribution in [0.4, 0.5) is 4.39 Å². The van der Waals surface area contributed by atoms with E-state index >= 15 is 0 Å². The quantitative estimate of drug-likeness (QED) is 0.575. The van der Waals surface area contributed by atoms with Gasteiger partial charge in [0.25, 0.3) is 5.56 Å². The molecule has 0 amide bonds. The Hall–Kier alpha value is -1.22. The molecule has 1 unspecified atom stereocenters. The molecule has 0 radical (unpaired) electrons. The number of nitrogens with one attached hydrogen (secondary N) is 1. The van der Waals surface area contributed by atoms with E-state index in [1.54, 1.807) is 0 Å². The first-order valence-electron chi connectivity index (χ1n) is 5.48. The molecule has 3 N–H and O–H groups in total. The largest absolute Gasteiger partial charge is 0.387 e. The van der Waals surface area contributed by atoms with Crippen molar-refractivity contribution in [3.63, 3.8) is 0 Å². The fourth-order valence-corrected chi connectivity index (χ4v) is 2.99. The van der Waals surface area contributed by atoms with Gasteiger partial charge in [0.1, 0.15) is 11.7 Å². The molecule has 9 heteroatoms. The van der Waals surface area contributed by atoms with E-state index in [0.717, 1.165) is 16.8 Å². The van der Waals surface area contributed by atoms with E-state index in [1.165, 1.54) is 0 Å². The monoisotopic (exact) mass is 292 g/mol. The molecule has 1 aromatic heterocycles. The zero-order valence-corrected chi connectivity index (χ0v) is 10.2. The first-order valence-corrected chi connectivity index (χ1v) is 6.01. The Morgan fingerprint density at radius 3 is 2.79 bits per heavy atom. The van der Waals surface area contributed by atoms with E-state index in [2.05, 4.69) is 0 Å². The minimum Gasteiger partial charge on any atom is -0.387 e. The van der Waals surface area contributed by atoms with Crippen LogP contribution in [0.1, 0.15) is 6.23 Å². The molecule has 19 heavy (non-hydrogen) atoms. The van der Waals surface area contributed by atoms with Gasteiger partial charge in [0.2, 0.25) is 0 Å². The molecular weight excluding hydrogens is 283 g/mol. The smallest absolute Gasteiger partial charge is 0.330 e. The van der Waals surface area contributed by atoms with Crippen LogP contribution in [0.3, 0.4) is 0 Å². The minimum absolute atomic E-state index is 0.320. The summed E-state index contributed by atoms with van der Waals surface area (Å²) in [6.45, 7) is 0. The van der Waals surface area contributed by atoms with Crippen molar-refractivity contribution in [3.05, 3.63) is 33.1 Å². The van der Waals surface area contributed by atoms with Crippen LogP contribution in [0.25, 0.3) is 0 Å². The third-order valence-electron chi connectivity index (χ3n) is 3.78. The van der Waals surface area contributed by atoms with Crippen LogP contribution in [0.5, 0.6) is 0 Å². The van der Waals surface area contributed by atoms with Crippen molar-refractivity contribution in [3.8, 4) is 0 Å². The fraction of sp³-hybridized carbons (Fsp3) is 0.600. The van der Waals surface area contributed by atoms with Crippen LogP contribution >= 0.6 is 11.6 Å². The van der Waals surface area contributed by atoms with Gasteiger partial charge in [-0.1, -0.05) is 0 Å². The SMILES string of the molecule is O=c1ccn([C@@H]2O[C@]3(CCl)C(O)[C@]3(O)[C@H]2F)c(=O)[nH]1. The lowest BCUT2D eigenvalue weighted by atomic mass is 10.1. The molecule has 3 rings (SSSR count). The van der Waals surface area contributed by atoms with E-state index < -0.39 is 41.0 Å². The van der Waals surface area contributed by atoms with E-state index in [0.29, 0.717) is 0 Å². The van der Waals surface area contributed by atoms with Crippen molar-refractivity contribution in [1.29, 1.82) is 0 Å². The van der Waals surface area contributed by atoms with Gasteiger partial charge in [-0.05, 0) is 0 Å². The number of alkyl halides is 2. The topological polar surface area (TPSA) is 105 Å². The van der Waals surface area contributed by atoms with Crippen LogP contribution in [0.2, 0.25) is 0 Å². The molecule has 0 spiro atoms. The number of rotatable bonds is 2. The van der Waals surface area contributed by atoms with Gasteiger partial charge in [0.15, 0.2) is 18.0 Å². The fourth-order valence-electron chi connectivity index (χ4n) is 2.57. The number of aromatic nitrogens is 2. The van der Waals surface area contributed by atoms with Crippen molar-refractivity contribution < 1.29 is 19.3 Å². The Morgan fingerprint density at radius 2 is 2.26 bits per heavy atom. The van der Waals surface area contributed by atoms with Crippen molar-refractivity contribution in [1.82, 2.24) is 9.55 Å². The number of aromatic amines is 1. The predicted molar refractivity (Wildman–Crippen MR) is 60.7 cm³/mol. The molecule has 1 aliphatic carbocycles. The highest BCUT2D eigenvalue weighted by Crippen LogP contribution is 2.63. The number of hydrogen-bond acceptors (Lipinski definition) is 5. The Labute approximate surface area is 110 Å². The molecule has 7 nitrogen and oxygen atoms in total. The molecule has 2 fully saturated rings. The summed E-state index contributed by atoms with van der Waals surface area (Å²) in [4.78, 5) is 24.4. The van der Waals surface area contributed by atoms with Gasteiger partial charge in [-0.25, -0.2) is 9.18 Å². The molecular formula is C10H10ClFN2O5. The van der Waals surface area contributed by atoms with Crippen molar-refractivity contribution in [2.45, 2.75) is 29.7 Å².